The molecule has 1 unspecified atom stereocenters. The Kier molecular flexibility index (Phi) is 6.38. The van der Waals surface area contributed by atoms with Gasteiger partial charge in [0.25, 0.3) is 0 Å². The summed E-state index contributed by atoms with van der Waals surface area (Å²) < 4.78 is 0. The molecule has 0 saturated carbocycles. The van der Waals surface area contributed by atoms with E-state index in [2.05, 4.69) is 12.2 Å². The number of benzene rings is 2. The normalized spacial score (nSPS) is 12.4. The van der Waals surface area contributed by atoms with Crippen molar-refractivity contribution >= 4 is 34.8 Å². The van der Waals surface area contributed by atoms with Crippen LogP contribution in [0.25, 0.3) is 0 Å². The van der Waals surface area contributed by atoms with Crippen molar-refractivity contribution in [1.82, 2.24) is 5.32 Å². The molecule has 0 spiro atoms. The standard InChI is InChI=1S/C17H18Cl3N/c1-2-9-21-17(10-12-5-3-4-6-15(12)19)14-8-7-13(18)11-16(14)20/h3-8,11,17,21H,2,9-10H2,1H3. The zero-order valence-corrected chi connectivity index (χ0v) is 14.1. The highest BCUT2D eigenvalue weighted by Crippen LogP contribution is 2.30. The lowest BCUT2D eigenvalue weighted by molar-refractivity contribution is 0.529. The molecule has 0 aliphatic rings. The maximum Gasteiger partial charge on any atom is 0.0468 e. The molecule has 4 heteroatoms. The van der Waals surface area contributed by atoms with E-state index >= 15 is 0 Å². The molecule has 112 valence electrons. The summed E-state index contributed by atoms with van der Waals surface area (Å²) in [5, 5.41) is 5.65. The first kappa shape index (κ1) is 16.6. The first-order chi connectivity index (χ1) is 10.1. The topological polar surface area (TPSA) is 12.0 Å². The minimum atomic E-state index is 0.120. The number of nitrogens with one attached hydrogen (secondary N) is 1. The molecule has 21 heavy (non-hydrogen) atoms. The van der Waals surface area contributed by atoms with Gasteiger partial charge in [-0.15, -0.1) is 0 Å². The van der Waals surface area contributed by atoms with Crippen LogP contribution in [0.15, 0.2) is 42.5 Å². The van der Waals surface area contributed by atoms with Gasteiger partial charge in [-0.2, -0.15) is 0 Å². The van der Waals surface area contributed by atoms with Gasteiger partial charge >= 0.3 is 0 Å². The lowest BCUT2D eigenvalue weighted by Crippen LogP contribution is -2.24. The van der Waals surface area contributed by atoms with Crippen LogP contribution in [0.3, 0.4) is 0 Å². The highest BCUT2D eigenvalue weighted by Gasteiger charge is 2.16. The van der Waals surface area contributed by atoms with Gasteiger partial charge in [0.05, 0.1) is 0 Å². The molecule has 0 heterocycles. The molecule has 0 saturated heterocycles. The summed E-state index contributed by atoms with van der Waals surface area (Å²) in [6.45, 7) is 3.07. The van der Waals surface area contributed by atoms with E-state index in [1.807, 2.05) is 36.4 Å². The Morgan fingerprint density at radius 1 is 1.00 bits per heavy atom. The summed E-state index contributed by atoms with van der Waals surface area (Å²) in [5.74, 6) is 0. The maximum atomic E-state index is 6.35. The highest BCUT2D eigenvalue weighted by atomic mass is 35.5. The van der Waals surface area contributed by atoms with Crippen molar-refractivity contribution in [2.45, 2.75) is 25.8 Å². The third kappa shape index (κ3) is 4.62. The predicted molar refractivity (Wildman–Crippen MR) is 92.7 cm³/mol. The van der Waals surface area contributed by atoms with E-state index in [9.17, 15) is 0 Å². The van der Waals surface area contributed by atoms with Crippen molar-refractivity contribution < 1.29 is 0 Å². The van der Waals surface area contributed by atoms with Gasteiger partial charge in [-0.05, 0) is 48.7 Å². The summed E-state index contributed by atoms with van der Waals surface area (Å²) in [6, 6.07) is 13.7. The molecule has 0 aromatic heterocycles. The van der Waals surface area contributed by atoms with E-state index in [1.165, 1.54) is 0 Å². The average Bonchev–Trinajstić information content (AvgIpc) is 2.46. The van der Waals surface area contributed by atoms with Crippen molar-refractivity contribution in [3.63, 3.8) is 0 Å². The highest BCUT2D eigenvalue weighted by molar-refractivity contribution is 6.35. The summed E-state index contributed by atoms with van der Waals surface area (Å²) in [4.78, 5) is 0. The zero-order valence-electron chi connectivity index (χ0n) is 11.9. The zero-order chi connectivity index (χ0) is 15.2. The third-order valence-electron chi connectivity index (χ3n) is 3.36. The summed E-state index contributed by atoms with van der Waals surface area (Å²) in [6.07, 6.45) is 1.85. The second-order valence-corrected chi connectivity index (χ2v) is 6.22. The summed E-state index contributed by atoms with van der Waals surface area (Å²) in [7, 11) is 0. The Morgan fingerprint density at radius 2 is 1.76 bits per heavy atom. The number of hydrogen-bond acceptors (Lipinski definition) is 1. The quantitative estimate of drug-likeness (QED) is 0.686. The van der Waals surface area contributed by atoms with Crippen LogP contribution in [-0.2, 0) is 6.42 Å². The Labute approximate surface area is 141 Å². The number of halogens is 3. The van der Waals surface area contributed by atoms with E-state index in [4.69, 9.17) is 34.8 Å². The van der Waals surface area contributed by atoms with Crippen molar-refractivity contribution in [2.24, 2.45) is 0 Å². The molecule has 1 N–H and O–H groups in total. The lowest BCUT2D eigenvalue weighted by atomic mass is 9.98. The van der Waals surface area contributed by atoms with Crippen LogP contribution < -0.4 is 5.32 Å². The lowest BCUT2D eigenvalue weighted by Gasteiger charge is -2.21. The van der Waals surface area contributed by atoms with Crippen LogP contribution in [0.1, 0.15) is 30.5 Å². The molecule has 0 bridgehead atoms. The number of rotatable bonds is 6. The fourth-order valence-electron chi connectivity index (χ4n) is 2.28. The minimum Gasteiger partial charge on any atom is -0.310 e. The van der Waals surface area contributed by atoms with Gasteiger partial charge in [0, 0.05) is 21.1 Å². The van der Waals surface area contributed by atoms with E-state index in [-0.39, 0.29) is 6.04 Å². The second kappa shape index (κ2) is 8.05. The molecule has 0 amide bonds. The monoisotopic (exact) mass is 341 g/mol. The van der Waals surface area contributed by atoms with E-state index in [1.54, 1.807) is 6.07 Å². The van der Waals surface area contributed by atoms with Crippen LogP contribution in [0.4, 0.5) is 0 Å². The molecular weight excluding hydrogens is 325 g/mol. The Balaban J connectivity index is 2.27. The van der Waals surface area contributed by atoms with Gasteiger partial charge in [-0.3, -0.25) is 0 Å². The average molecular weight is 343 g/mol. The molecule has 1 nitrogen and oxygen atoms in total. The largest absolute Gasteiger partial charge is 0.310 e. The molecule has 0 fully saturated rings. The Hall–Kier alpha value is -0.730. The molecule has 0 aliphatic heterocycles. The smallest absolute Gasteiger partial charge is 0.0468 e. The first-order valence-corrected chi connectivity index (χ1v) is 8.17. The minimum absolute atomic E-state index is 0.120. The van der Waals surface area contributed by atoms with Crippen LogP contribution >= 0.6 is 34.8 Å². The van der Waals surface area contributed by atoms with Gasteiger partial charge in [-0.1, -0.05) is 66.0 Å². The van der Waals surface area contributed by atoms with Crippen LogP contribution in [0.5, 0.6) is 0 Å². The number of hydrogen-bond donors (Lipinski definition) is 1. The first-order valence-electron chi connectivity index (χ1n) is 7.03. The van der Waals surface area contributed by atoms with Gasteiger partial charge in [0.15, 0.2) is 0 Å². The van der Waals surface area contributed by atoms with E-state index in [0.717, 1.165) is 35.5 Å². The molecule has 2 aromatic rings. The fraction of sp³-hybridized carbons (Fsp3) is 0.294. The maximum absolute atomic E-state index is 6.35. The molecule has 1 atom stereocenters. The van der Waals surface area contributed by atoms with E-state index < -0.39 is 0 Å². The predicted octanol–water partition coefficient (Wildman–Crippen LogP) is 5.93. The second-order valence-electron chi connectivity index (χ2n) is 4.97. The SMILES string of the molecule is CCCNC(Cc1ccccc1Cl)c1ccc(Cl)cc1Cl. The van der Waals surface area contributed by atoms with Crippen molar-refractivity contribution in [2.75, 3.05) is 6.54 Å². The molecular formula is C17H18Cl3N. The van der Waals surface area contributed by atoms with Gasteiger partial charge in [0.1, 0.15) is 0 Å². The summed E-state index contributed by atoms with van der Waals surface area (Å²) in [5.41, 5.74) is 2.16. The van der Waals surface area contributed by atoms with Crippen molar-refractivity contribution in [1.29, 1.82) is 0 Å². The molecule has 0 aliphatic carbocycles. The van der Waals surface area contributed by atoms with E-state index in [0.29, 0.717) is 10.0 Å². The van der Waals surface area contributed by atoms with Crippen LogP contribution in [0, 0.1) is 0 Å². The van der Waals surface area contributed by atoms with Crippen LogP contribution in [-0.4, -0.2) is 6.54 Å². The van der Waals surface area contributed by atoms with Crippen LogP contribution in [0.2, 0.25) is 15.1 Å². The van der Waals surface area contributed by atoms with Gasteiger partial charge in [0.2, 0.25) is 0 Å². The summed E-state index contributed by atoms with van der Waals surface area (Å²) >= 11 is 18.6. The van der Waals surface area contributed by atoms with Crippen molar-refractivity contribution in [3.05, 3.63) is 68.7 Å². The van der Waals surface area contributed by atoms with Gasteiger partial charge in [-0.25, -0.2) is 0 Å². The fourth-order valence-corrected chi connectivity index (χ4v) is 3.03. The molecule has 2 rings (SSSR count). The van der Waals surface area contributed by atoms with Crippen molar-refractivity contribution in [3.8, 4) is 0 Å². The molecule has 2 aromatic carbocycles. The van der Waals surface area contributed by atoms with Gasteiger partial charge < -0.3 is 5.32 Å². The Bertz CT molecular complexity index is 598. The third-order valence-corrected chi connectivity index (χ3v) is 4.29. The molecule has 0 radical (unpaired) electrons. The Morgan fingerprint density at radius 3 is 2.43 bits per heavy atom.